The molecule has 2 nitrogen and oxygen atoms in total. The molecule has 4 rings (SSSR count). The van der Waals surface area contributed by atoms with Crippen LogP contribution < -0.4 is 4.74 Å². The number of rotatable bonds is 2. The zero-order valence-corrected chi connectivity index (χ0v) is 12.0. The van der Waals surface area contributed by atoms with E-state index in [9.17, 15) is 8.78 Å². The van der Waals surface area contributed by atoms with Crippen LogP contribution in [0.3, 0.4) is 0 Å². The molecule has 0 amide bonds. The Labute approximate surface area is 131 Å². The van der Waals surface area contributed by atoms with Crippen molar-refractivity contribution in [2.75, 3.05) is 0 Å². The molecule has 0 saturated carbocycles. The third-order valence-electron chi connectivity index (χ3n) is 3.71. The summed E-state index contributed by atoms with van der Waals surface area (Å²) in [5.41, 5.74) is 0. The number of aromatic nitrogens is 1. The second-order valence-electron chi connectivity index (χ2n) is 5.17. The van der Waals surface area contributed by atoms with Crippen LogP contribution in [0.25, 0.3) is 21.5 Å². The van der Waals surface area contributed by atoms with Gasteiger partial charge in [0.15, 0.2) is 0 Å². The van der Waals surface area contributed by atoms with E-state index in [0.29, 0.717) is 33.2 Å². The van der Waals surface area contributed by atoms with E-state index in [1.807, 2.05) is 18.2 Å². The Morgan fingerprint density at radius 3 is 2.39 bits per heavy atom. The number of hydrogen-bond donors (Lipinski definition) is 0. The molecule has 0 fully saturated rings. The lowest BCUT2D eigenvalue weighted by atomic mass is 10.0. The van der Waals surface area contributed by atoms with E-state index >= 15 is 0 Å². The van der Waals surface area contributed by atoms with E-state index in [-0.39, 0.29) is 0 Å². The highest BCUT2D eigenvalue weighted by atomic mass is 19.1. The zero-order chi connectivity index (χ0) is 15.8. The topological polar surface area (TPSA) is 22.1 Å². The average molecular weight is 307 g/mol. The van der Waals surface area contributed by atoms with Gasteiger partial charge in [0.1, 0.15) is 17.4 Å². The molecule has 0 unspecified atom stereocenters. The molecule has 0 aliphatic heterocycles. The second kappa shape index (κ2) is 5.32. The van der Waals surface area contributed by atoms with Gasteiger partial charge in [-0.25, -0.2) is 13.8 Å². The number of halogens is 2. The minimum Gasteiger partial charge on any atom is -0.438 e. The molecule has 1 aromatic heterocycles. The van der Waals surface area contributed by atoms with Gasteiger partial charge < -0.3 is 4.74 Å². The van der Waals surface area contributed by atoms with Crippen molar-refractivity contribution in [1.82, 2.24) is 4.98 Å². The summed E-state index contributed by atoms with van der Waals surface area (Å²) in [5, 5.41) is 2.07. The number of nitrogens with zero attached hydrogens (tertiary/aromatic N) is 1. The standard InChI is InChI=1S/C19H11F2NO/c20-12-6-7-15-16(10-12)14-8-9-22-19(17(14)11-18(15)21)23-13-4-2-1-3-5-13/h1-11H. The largest absolute Gasteiger partial charge is 0.438 e. The van der Waals surface area contributed by atoms with Gasteiger partial charge in [0.25, 0.3) is 0 Å². The number of ether oxygens (including phenoxy) is 1. The molecule has 4 heteroatoms. The first-order chi connectivity index (χ1) is 11.2. The van der Waals surface area contributed by atoms with Crippen LogP contribution in [0.4, 0.5) is 8.78 Å². The summed E-state index contributed by atoms with van der Waals surface area (Å²) in [6.07, 6.45) is 1.57. The third-order valence-corrected chi connectivity index (χ3v) is 3.71. The van der Waals surface area contributed by atoms with Gasteiger partial charge in [0.05, 0.1) is 0 Å². The van der Waals surface area contributed by atoms with Crippen molar-refractivity contribution in [2.45, 2.75) is 0 Å². The molecule has 0 radical (unpaired) electrons. The van der Waals surface area contributed by atoms with Gasteiger partial charge in [-0.3, -0.25) is 0 Å². The fourth-order valence-electron chi connectivity index (χ4n) is 2.66. The Hall–Kier alpha value is -3.01. The van der Waals surface area contributed by atoms with Crippen LogP contribution in [0, 0.1) is 11.6 Å². The SMILES string of the molecule is Fc1ccc2c(F)cc3c(Oc4ccccc4)nccc3c2c1. The van der Waals surface area contributed by atoms with E-state index < -0.39 is 11.6 Å². The van der Waals surface area contributed by atoms with Crippen molar-refractivity contribution in [1.29, 1.82) is 0 Å². The molecule has 23 heavy (non-hydrogen) atoms. The molecule has 0 atom stereocenters. The molecular weight excluding hydrogens is 296 g/mol. The molecule has 4 aromatic rings. The summed E-state index contributed by atoms with van der Waals surface area (Å²) >= 11 is 0. The van der Waals surface area contributed by atoms with Crippen molar-refractivity contribution >= 4 is 21.5 Å². The van der Waals surface area contributed by atoms with Crippen LogP contribution in [0.5, 0.6) is 11.6 Å². The smallest absolute Gasteiger partial charge is 0.227 e. The van der Waals surface area contributed by atoms with Crippen LogP contribution in [0.1, 0.15) is 0 Å². The van der Waals surface area contributed by atoms with Crippen molar-refractivity contribution in [2.24, 2.45) is 0 Å². The molecule has 0 bridgehead atoms. The first-order valence-electron chi connectivity index (χ1n) is 7.12. The third kappa shape index (κ3) is 2.38. The predicted octanol–water partition coefficient (Wildman–Crippen LogP) is 5.46. The lowest BCUT2D eigenvalue weighted by Gasteiger charge is -2.10. The summed E-state index contributed by atoms with van der Waals surface area (Å²) in [4.78, 5) is 4.19. The van der Waals surface area contributed by atoms with Crippen molar-refractivity contribution in [3.63, 3.8) is 0 Å². The van der Waals surface area contributed by atoms with E-state index in [1.165, 1.54) is 24.3 Å². The van der Waals surface area contributed by atoms with Crippen molar-refractivity contribution in [3.05, 3.63) is 78.5 Å². The van der Waals surface area contributed by atoms with E-state index in [2.05, 4.69) is 4.98 Å². The Morgan fingerprint density at radius 1 is 0.739 bits per heavy atom. The maximum absolute atomic E-state index is 14.4. The zero-order valence-electron chi connectivity index (χ0n) is 12.0. The second-order valence-corrected chi connectivity index (χ2v) is 5.17. The maximum atomic E-state index is 14.4. The number of pyridine rings is 1. The molecule has 112 valence electrons. The Bertz CT molecular complexity index is 1020. The van der Waals surface area contributed by atoms with Crippen LogP contribution >= 0.6 is 0 Å². The van der Waals surface area contributed by atoms with Gasteiger partial charge in [0, 0.05) is 17.0 Å². The van der Waals surface area contributed by atoms with Crippen LogP contribution in [0.2, 0.25) is 0 Å². The molecule has 1 heterocycles. The van der Waals surface area contributed by atoms with Gasteiger partial charge in [-0.1, -0.05) is 18.2 Å². The summed E-state index contributed by atoms with van der Waals surface area (Å²) in [7, 11) is 0. The van der Waals surface area contributed by atoms with Gasteiger partial charge in [0.2, 0.25) is 5.88 Å². The molecule has 3 aromatic carbocycles. The highest BCUT2D eigenvalue weighted by Crippen LogP contribution is 2.34. The molecule has 0 N–H and O–H groups in total. The van der Waals surface area contributed by atoms with Crippen LogP contribution in [-0.2, 0) is 0 Å². The summed E-state index contributed by atoms with van der Waals surface area (Å²) < 4.78 is 33.7. The number of para-hydroxylation sites is 1. The van der Waals surface area contributed by atoms with Gasteiger partial charge in [-0.05, 0) is 53.2 Å². The van der Waals surface area contributed by atoms with Gasteiger partial charge in [-0.15, -0.1) is 0 Å². The Morgan fingerprint density at radius 2 is 1.57 bits per heavy atom. The highest BCUT2D eigenvalue weighted by Gasteiger charge is 2.12. The fraction of sp³-hybridized carbons (Fsp3) is 0. The van der Waals surface area contributed by atoms with Crippen molar-refractivity contribution in [3.8, 4) is 11.6 Å². The lowest BCUT2D eigenvalue weighted by molar-refractivity contribution is 0.469. The van der Waals surface area contributed by atoms with E-state index in [0.717, 1.165) is 0 Å². The number of fused-ring (bicyclic) bond motifs is 3. The normalized spacial score (nSPS) is 11.0. The Kier molecular flexibility index (Phi) is 3.15. The Balaban J connectivity index is 1.98. The first-order valence-corrected chi connectivity index (χ1v) is 7.12. The quantitative estimate of drug-likeness (QED) is 0.459. The summed E-state index contributed by atoms with van der Waals surface area (Å²) in [6.45, 7) is 0. The molecule has 0 aliphatic rings. The first kappa shape index (κ1) is 13.6. The number of hydrogen-bond acceptors (Lipinski definition) is 2. The van der Waals surface area contributed by atoms with Crippen LogP contribution in [-0.4, -0.2) is 4.98 Å². The number of benzene rings is 3. The lowest BCUT2D eigenvalue weighted by Crippen LogP contribution is -1.92. The maximum Gasteiger partial charge on any atom is 0.227 e. The van der Waals surface area contributed by atoms with Crippen LogP contribution in [0.15, 0.2) is 66.9 Å². The monoisotopic (exact) mass is 307 g/mol. The molecular formula is C19H11F2NO. The summed E-state index contributed by atoms with van der Waals surface area (Å²) in [5.74, 6) is 0.0520. The minimum atomic E-state index is -0.432. The highest BCUT2D eigenvalue weighted by molar-refractivity contribution is 6.09. The van der Waals surface area contributed by atoms with E-state index in [4.69, 9.17) is 4.74 Å². The predicted molar refractivity (Wildman–Crippen MR) is 85.7 cm³/mol. The van der Waals surface area contributed by atoms with Gasteiger partial charge >= 0.3 is 0 Å². The summed E-state index contributed by atoms with van der Waals surface area (Å²) in [6, 6.07) is 16.3. The van der Waals surface area contributed by atoms with E-state index in [1.54, 1.807) is 24.4 Å². The fourth-order valence-corrected chi connectivity index (χ4v) is 2.66. The van der Waals surface area contributed by atoms with Crippen molar-refractivity contribution < 1.29 is 13.5 Å². The van der Waals surface area contributed by atoms with Gasteiger partial charge in [-0.2, -0.15) is 0 Å². The molecule has 0 spiro atoms. The molecule has 0 aliphatic carbocycles. The molecule has 0 saturated heterocycles. The average Bonchev–Trinajstić information content (AvgIpc) is 2.57. The minimum absolute atomic E-state index is 0.291.